The fourth-order valence-corrected chi connectivity index (χ4v) is 4.07. The summed E-state index contributed by atoms with van der Waals surface area (Å²) in [6, 6.07) is 16.6. The van der Waals surface area contributed by atoms with Crippen LogP contribution in [0.5, 0.6) is 0 Å². The maximum atomic E-state index is 11.9. The van der Waals surface area contributed by atoms with Gasteiger partial charge in [0.05, 0.1) is 26.2 Å². The van der Waals surface area contributed by atoms with E-state index in [1.807, 2.05) is 31.2 Å². The molecule has 1 saturated heterocycles. The molecule has 2 aromatic carbocycles. The minimum Gasteiger partial charge on any atom is -0.457 e. The number of amides is 1. The molecule has 1 N–H and O–H groups in total. The molecule has 4 nitrogen and oxygen atoms in total. The Balaban J connectivity index is 1.68. The maximum absolute atomic E-state index is 11.9. The van der Waals surface area contributed by atoms with E-state index in [2.05, 4.69) is 10.3 Å². The number of rotatable bonds is 3. The number of thioether (sulfide) groups is 1. The van der Waals surface area contributed by atoms with Gasteiger partial charge in [0.1, 0.15) is 17.4 Å². The third-order valence-corrected chi connectivity index (χ3v) is 5.46. The lowest BCUT2D eigenvalue weighted by Gasteiger charge is -2.03. The van der Waals surface area contributed by atoms with Crippen molar-refractivity contribution in [3.8, 4) is 11.3 Å². The summed E-state index contributed by atoms with van der Waals surface area (Å²) in [5.41, 5.74) is 2.50. The van der Waals surface area contributed by atoms with Crippen molar-refractivity contribution in [2.75, 3.05) is 0 Å². The molecule has 4 rings (SSSR count). The fraction of sp³-hybridized carbons (Fsp3) is 0.0476. The van der Waals surface area contributed by atoms with Crippen LogP contribution in [0.4, 0.5) is 10.5 Å². The number of carbonyl (C=O) groups excluding carboxylic acids is 1. The van der Waals surface area contributed by atoms with Crippen molar-refractivity contribution in [1.29, 1.82) is 0 Å². The highest BCUT2D eigenvalue weighted by Gasteiger charge is 2.24. The molecule has 0 aliphatic carbocycles. The molecule has 7 heteroatoms. The van der Waals surface area contributed by atoms with E-state index in [4.69, 9.17) is 27.6 Å². The molecule has 1 amide bonds. The average Bonchev–Trinajstić information content (AvgIpc) is 3.22. The van der Waals surface area contributed by atoms with Crippen molar-refractivity contribution in [2.45, 2.75) is 6.92 Å². The zero-order valence-electron chi connectivity index (χ0n) is 14.7. The summed E-state index contributed by atoms with van der Waals surface area (Å²) < 4.78 is 5.89. The van der Waals surface area contributed by atoms with Crippen molar-refractivity contribution in [3.05, 3.63) is 80.9 Å². The van der Waals surface area contributed by atoms with Gasteiger partial charge in [0.15, 0.2) is 0 Å². The Hall–Kier alpha value is -2.47. The molecule has 1 aliphatic heterocycles. The Morgan fingerprint density at radius 1 is 1.07 bits per heavy atom. The number of benzene rings is 2. The van der Waals surface area contributed by atoms with Gasteiger partial charge in [-0.25, -0.2) is 4.99 Å². The van der Waals surface area contributed by atoms with Gasteiger partial charge in [0, 0.05) is 0 Å². The van der Waals surface area contributed by atoms with E-state index < -0.39 is 0 Å². The van der Waals surface area contributed by atoms with E-state index in [1.165, 1.54) is 0 Å². The Labute approximate surface area is 176 Å². The Morgan fingerprint density at radius 3 is 2.57 bits per heavy atom. The molecule has 0 saturated carbocycles. The molecule has 0 unspecified atom stereocenters. The van der Waals surface area contributed by atoms with Gasteiger partial charge in [-0.15, -0.1) is 0 Å². The van der Waals surface area contributed by atoms with Gasteiger partial charge < -0.3 is 9.73 Å². The second-order valence-electron chi connectivity index (χ2n) is 6.12. The van der Waals surface area contributed by atoms with E-state index in [9.17, 15) is 4.79 Å². The first-order valence-electron chi connectivity index (χ1n) is 8.40. The molecule has 1 aromatic heterocycles. The predicted molar refractivity (Wildman–Crippen MR) is 117 cm³/mol. The summed E-state index contributed by atoms with van der Waals surface area (Å²) in [6.45, 7) is 1.99. The summed E-state index contributed by atoms with van der Waals surface area (Å²) in [4.78, 5) is 17.1. The normalized spacial score (nSPS) is 16.8. The molecule has 140 valence electrons. The average molecular weight is 429 g/mol. The molecule has 3 aromatic rings. The Bertz CT molecular complexity index is 1110. The highest BCUT2D eigenvalue weighted by Crippen LogP contribution is 2.36. The molecule has 0 spiro atoms. The van der Waals surface area contributed by atoms with Crippen LogP contribution in [0.3, 0.4) is 0 Å². The van der Waals surface area contributed by atoms with Gasteiger partial charge in [-0.1, -0.05) is 41.4 Å². The van der Waals surface area contributed by atoms with Crippen molar-refractivity contribution in [3.63, 3.8) is 0 Å². The number of aryl methyl sites for hydroxylation is 1. The molecule has 1 fully saturated rings. The van der Waals surface area contributed by atoms with E-state index >= 15 is 0 Å². The van der Waals surface area contributed by atoms with Crippen molar-refractivity contribution in [1.82, 2.24) is 5.32 Å². The van der Waals surface area contributed by atoms with E-state index in [0.717, 1.165) is 23.0 Å². The highest BCUT2D eigenvalue weighted by atomic mass is 35.5. The number of halogens is 2. The summed E-state index contributed by atoms with van der Waals surface area (Å²) >= 11 is 13.6. The molecule has 1 aliphatic rings. The summed E-state index contributed by atoms with van der Waals surface area (Å²) in [7, 11) is 0. The lowest BCUT2D eigenvalue weighted by molar-refractivity contribution is 0.265. The summed E-state index contributed by atoms with van der Waals surface area (Å²) in [5.74, 6) is 1.62. The number of carbonyl (C=O) groups is 1. The van der Waals surface area contributed by atoms with Crippen LogP contribution in [0.25, 0.3) is 17.4 Å². The second kappa shape index (κ2) is 7.87. The highest BCUT2D eigenvalue weighted by molar-refractivity contribution is 8.18. The first kappa shape index (κ1) is 18.9. The molecule has 0 bridgehead atoms. The van der Waals surface area contributed by atoms with Crippen LogP contribution >= 0.6 is 35.0 Å². The lowest BCUT2D eigenvalue weighted by Crippen LogP contribution is -2.18. The summed E-state index contributed by atoms with van der Waals surface area (Å²) in [5, 5.41) is 3.61. The number of nitrogens with zero attached hydrogens (tertiary/aromatic N) is 1. The van der Waals surface area contributed by atoms with Crippen LogP contribution < -0.4 is 5.32 Å². The van der Waals surface area contributed by atoms with Crippen molar-refractivity contribution >= 4 is 57.8 Å². The smallest absolute Gasteiger partial charge is 0.289 e. The van der Waals surface area contributed by atoms with Gasteiger partial charge in [0.2, 0.25) is 0 Å². The van der Waals surface area contributed by atoms with Crippen molar-refractivity contribution in [2.24, 2.45) is 4.99 Å². The minimum atomic E-state index is -0.182. The molecule has 28 heavy (non-hydrogen) atoms. The van der Waals surface area contributed by atoms with Gasteiger partial charge in [-0.3, -0.25) is 4.79 Å². The van der Waals surface area contributed by atoms with Crippen molar-refractivity contribution < 1.29 is 9.21 Å². The fourth-order valence-electron chi connectivity index (χ4n) is 2.77. The van der Waals surface area contributed by atoms with Crippen LogP contribution in [-0.2, 0) is 0 Å². The SMILES string of the molecule is Cc1cccc(N=C2NC(=O)SC2=Cc2ccc(-c3c(Cl)cccc3Cl)o2)c1. The van der Waals surface area contributed by atoms with Crippen LogP contribution in [-0.4, -0.2) is 11.1 Å². The zero-order valence-corrected chi connectivity index (χ0v) is 17.0. The third-order valence-electron chi connectivity index (χ3n) is 4.01. The predicted octanol–water partition coefficient (Wildman–Crippen LogP) is 7.09. The van der Waals surface area contributed by atoms with Crippen LogP contribution in [0.2, 0.25) is 10.0 Å². The summed E-state index contributed by atoms with van der Waals surface area (Å²) in [6.07, 6.45) is 1.77. The Kier molecular flexibility index (Phi) is 5.31. The molecular formula is C21H14Cl2N2O2S. The molecule has 2 heterocycles. The largest absolute Gasteiger partial charge is 0.457 e. The molecule has 0 atom stereocenters. The quantitative estimate of drug-likeness (QED) is 0.484. The van der Waals surface area contributed by atoms with E-state index in [-0.39, 0.29) is 5.24 Å². The number of amidine groups is 1. The first-order valence-corrected chi connectivity index (χ1v) is 9.97. The number of furan rings is 1. The van der Waals surface area contributed by atoms with Gasteiger partial charge >= 0.3 is 0 Å². The monoisotopic (exact) mass is 428 g/mol. The van der Waals surface area contributed by atoms with Crippen LogP contribution in [0, 0.1) is 6.92 Å². The second-order valence-corrected chi connectivity index (χ2v) is 7.95. The zero-order chi connectivity index (χ0) is 19.7. The van der Waals surface area contributed by atoms with Gasteiger partial charge in [-0.05, 0) is 66.7 Å². The standard InChI is InChI=1S/C21H14Cl2N2O2S/c1-12-4-2-5-13(10-12)24-20-18(28-21(26)25-20)11-14-8-9-17(27-14)19-15(22)6-3-7-16(19)23/h2-11H,1H3,(H,24,25,26). The molecular weight excluding hydrogens is 415 g/mol. The minimum absolute atomic E-state index is 0.182. The maximum Gasteiger partial charge on any atom is 0.289 e. The van der Waals surface area contributed by atoms with E-state index in [0.29, 0.717) is 37.9 Å². The van der Waals surface area contributed by atoms with Crippen LogP contribution in [0.15, 0.2) is 68.9 Å². The van der Waals surface area contributed by atoms with E-state index in [1.54, 1.807) is 36.4 Å². The molecule has 0 radical (unpaired) electrons. The van der Waals surface area contributed by atoms with Gasteiger partial charge in [0.25, 0.3) is 5.24 Å². The number of hydrogen-bond donors (Lipinski definition) is 1. The number of aliphatic imine (C=N–C) groups is 1. The van der Waals surface area contributed by atoms with Gasteiger partial charge in [-0.2, -0.15) is 0 Å². The first-order chi connectivity index (χ1) is 13.5. The Morgan fingerprint density at radius 2 is 1.82 bits per heavy atom. The number of hydrogen-bond acceptors (Lipinski definition) is 4. The number of nitrogens with one attached hydrogen (secondary N) is 1. The third kappa shape index (κ3) is 4.02. The lowest BCUT2D eigenvalue weighted by atomic mass is 10.2. The topological polar surface area (TPSA) is 54.6 Å². The van der Waals surface area contributed by atoms with Crippen LogP contribution in [0.1, 0.15) is 11.3 Å².